The van der Waals surface area contributed by atoms with Crippen molar-refractivity contribution in [3.8, 4) is 0 Å². The van der Waals surface area contributed by atoms with Gasteiger partial charge in [-0.1, -0.05) is 0 Å². The zero-order chi connectivity index (χ0) is 3.41. The molecule has 0 unspecified atom stereocenters. The van der Waals surface area contributed by atoms with E-state index in [1.54, 1.807) is 0 Å². The summed E-state index contributed by atoms with van der Waals surface area (Å²) in [7, 11) is 0. The molecule has 0 rings (SSSR count). The summed E-state index contributed by atoms with van der Waals surface area (Å²) in [5.74, 6) is 0. The topological polar surface area (TPSA) is 40.5 Å². The summed E-state index contributed by atoms with van der Waals surface area (Å²) in [5, 5.41) is 15.2. The van der Waals surface area contributed by atoms with Gasteiger partial charge in [0.1, 0.15) is 0 Å². The molecule has 6 heavy (non-hydrogen) atoms. The summed E-state index contributed by atoms with van der Waals surface area (Å²) < 4.78 is 0. The number of aliphatic hydroxyl groups excluding tert-OH is 2. The fourth-order valence-corrected chi connectivity index (χ4v) is 0. The second-order valence-electron chi connectivity index (χ2n) is 0.447. The van der Waals surface area contributed by atoms with E-state index in [2.05, 4.69) is 0 Å². The molecule has 0 aliphatic rings. The zero-order valence-corrected chi connectivity index (χ0v) is 2.31. The first-order chi connectivity index (χ1) is 1.91. The van der Waals surface area contributed by atoms with Crippen LogP contribution in [-0.2, 0) is 0 Å². The van der Waals surface area contributed by atoms with Crippen molar-refractivity contribution in [1.29, 1.82) is 0 Å². The second kappa shape index (κ2) is 15.6. The van der Waals surface area contributed by atoms with Gasteiger partial charge in [-0.3, -0.25) is 0 Å². The maximum absolute atomic E-state index is 7.62. The zero-order valence-electron chi connectivity index (χ0n) is 2.31. The standard InChI is InChI=1S/C2H6O2.K.Na.2H/c3-1-2-4;;;;/h3-4H,1-2H2;;;;. The average molecular weight is 126 g/mol. The van der Waals surface area contributed by atoms with Gasteiger partial charge >= 0.3 is 80.9 Å². The van der Waals surface area contributed by atoms with Gasteiger partial charge in [-0.15, -0.1) is 0 Å². The first-order valence-electron chi connectivity index (χ1n) is 1.13. The van der Waals surface area contributed by atoms with Gasteiger partial charge in [-0.25, -0.2) is 0 Å². The van der Waals surface area contributed by atoms with Crippen molar-refractivity contribution in [2.45, 2.75) is 0 Å². The van der Waals surface area contributed by atoms with Crippen LogP contribution in [0.4, 0.5) is 0 Å². The Hall–Kier alpha value is 2.56. The number of aliphatic hydroxyl groups is 2. The summed E-state index contributed by atoms with van der Waals surface area (Å²) in [6.45, 7) is -0.250. The van der Waals surface area contributed by atoms with E-state index >= 15 is 0 Å². The summed E-state index contributed by atoms with van der Waals surface area (Å²) >= 11 is 0. The van der Waals surface area contributed by atoms with Gasteiger partial charge < -0.3 is 10.2 Å². The Morgan fingerprint density at radius 3 is 1.17 bits per heavy atom. The van der Waals surface area contributed by atoms with Gasteiger partial charge in [-0.05, 0) is 0 Å². The minimum atomic E-state index is -0.125. The Kier molecular flexibility index (Phi) is 41.3. The quantitative estimate of drug-likeness (QED) is 0.387. The molecule has 0 saturated heterocycles. The molecule has 4 heteroatoms. The van der Waals surface area contributed by atoms with Gasteiger partial charge in [0.25, 0.3) is 0 Å². The molecule has 2 nitrogen and oxygen atoms in total. The van der Waals surface area contributed by atoms with E-state index in [0.717, 1.165) is 0 Å². The third-order valence-electron chi connectivity index (χ3n) is 0.1000. The third kappa shape index (κ3) is 16.0. The molecule has 0 aromatic heterocycles. The van der Waals surface area contributed by atoms with Gasteiger partial charge in [0.15, 0.2) is 0 Å². The molecule has 0 spiro atoms. The number of hydrogen-bond acceptors (Lipinski definition) is 2. The van der Waals surface area contributed by atoms with E-state index in [9.17, 15) is 0 Å². The predicted octanol–water partition coefficient (Wildman–Crippen LogP) is -2.33. The molecule has 0 aliphatic carbocycles. The molecular weight excluding hydrogens is 118 g/mol. The Labute approximate surface area is 102 Å². The van der Waals surface area contributed by atoms with Crippen LogP contribution in [0.25, 0.3) is 0 Å². The van der Waals surface area contributed by atoms with Crippen molar-refractivity contribution in [2.75, 3.05) is 13.2 Å². The van der Waals surface area contributed by atoms with Crippen LogP contribution in [0.5, 0.6) is 0 Å². The van der Waals surface area contributed by atoms with Gasteiger partial charge in [-0.2, -0.15) is 0 Å². The predicted molar refractivity (Wildman–Crippen MR) is 28.5 cm³/mol. The van der Waals surface area contributed by atoms with Crippen LogP contribution in [0.3, 0.4) is 0 Å². The first-order valence-corrected chi connectivity index (χ1v) is 1.13. The van der Waals surface area contributed by atoms with E-state index in [1.807, 2.05) is 0 Å². The minimum absolute atomic E-state index is 0. The Balaban J connectivity index is -0.0000000450. The van der Waals surface area contributed by atoms with Gasteiger partial charge in [0.05, 0.1) is 13.2 Å². The van der Waals surface area contributed by atoms with Crippen LogP contribution in [0.15, 0.2) is 0 Å². The maximum atomic E-state index is 7.62. The summed E-state index contributed by atoms with van der Waals surface area (Å²) in [5.41, 5.74) is 0. The fourth-order valence-electron chi connectivity index (χ4n) is 0. The van der Waals surface area contributed by atoms with E-state index < -0.39 is 0 Å². The molecule has 0 bridgehead atoms. The van der Waals surface area contributed by atoms with Crippen LogP contribution in [0.2, 0.25) is 0 Å². The molecule has 30 valence electrons. The Morgan fingerprint density at radius 2 is 1.17 bits per heavy atom. The van der Waals surface area contributed by atoms with Crippen molar-refractivity contribution in [1.82, 2.24) is 0 Å². The molecule has 0 heterocycles. The monoisotopic (exact) mass is 126 g/mol. The fraction of sp³-hybridized carbons (Fsp3) is 1.00. The van der Waals surface area contributed by atoms with E-state index in [-0.39, 0.29) is 94.2 Å². The SMILES string of the molecule is OCCO.[KH].[NaH]. The number of hydrogen-bond donors (Lipinski definition) is 2. The third-order valence-corrected chi connectivity index (χ3v) is 0.1000. The first kappa shape index (κ1) is 15.8. The number of rotatable bonds is 1. The normalized spacial score (nSPS) is 5.00. The average Bonchev–Trinajstić information content (AvgIpc) is 1.37. The van der Waals surface area contributed by atoms with Crippen LogP contribution < -0.4 is 0 Å². The second-order valence-corrected chi connectivity index (χ2v) is 0.447. The van der Waals surface area contributed by atoms with Crippen LogP contribution in [0.1, 0.15) is 0 Å². The summed E-state index contributed by atoms with van der Waals surface area (Å²) in [4.78, 5) is 0. The molecule has 0 radical (unpaired) electrons. The molecule has 0 fully saturated rings. The molecule has 0 atom stereocenters. The van der Waals surface area contributed by atoms with Crippen LogP contribution >= 0.6 is 0 Å². The van der Waals surface area contributed by atoms with E-state index in [1.165, 1.54) is 0 Å². The van der Waals surface area contributed by atoms with E-state index in [0.29, 0.717) is 0 Å². The van der Waals surface area contributed by atoms with Crippen molar-refractivity contribution < 1.29 is 10.2 Å². The summed E-state index contributed by atoms with van der Waals surface area (Å²) in [6.07, 6.45) is 0. The van der Waals surface area contributed by atoms with Crippen LogP contribution in [-0.4, -0.2) is 104 Å². The van der Waals surface area contributed by atoms with Crippen molar-refractivity contribution >= 4 is 80.9 Å². The molecule has 0 aromatic rings. The Bertz CT molecular complexity index is 13.5. The molecule has 0 aromatic carbocycles. The van der Waals surface area contributed by atoms with Crippen LogP contribution in [0, 0.1) is 0 Å². The molecule has 0 aliphatic heterocycles. The molecule has 0 amide bonds. The van der Waals surface area contributed by atoms with Gasteiger partial charge in [0.2, 0.25) is 0 Å². The van der Waals surface area contributed by atoms with Crippen molar-refractivity contribution in [2.24, 2.45) is 0 Å². The van der Waals surface area contributed by atoms with E-state index in [4.69, 9.17) is 10.2 Å². The molecule has 0 saturated carbocycles. The summed E-state index contributed by atoms with van der Waals surface area (Å²) in [6, 6.07) is 0. The van der Waals surface area contributed by atoms with Crippen molar-refractivity contribution in [3.63, 3.8) is 0 Å². The molecular formula is C2H8KNaO2. The van der Waals surface area contributed by atoms with Crippen molar-refractivity contribution in [3.05, 3.63) is 0 Å². The van der Waals surface area contributed by atoms with Gasteiger partial charge in [0, 0.05) is 0 Å². The molecule has 2 N–H and O–H groups in total. The Morgan fingerprint density at radius 1 is 1.00 bits per heavy atom.